The van der Waals surface area contributed by atoms with Crippen LogP contribution in [0.1, 0.15) is 10.4 Å². The highest BCUT2D eigenvalue weighted by molar-refractivity contribution is 5.94. The quantitative estimate of drug-likeness (QED) is 0.392. The first kappa shape index (κ1) is 14.9. The first-order valence-corrected chi connectivity index (χ1v) is 7.31. The molecule has 3 aromatic rings. The molecule has 3 rings (SSSR count). The summed E-state index contributed by atoms with van der Waals surface area (Å²) in [5.74, 6) is 0.547. The standard InChI is InChI=1S/C20H16O3/c1-2-13-22-19-10-6-5-9-18(19)20(21)23-17-12-11-15-7-3-4-8-16(15)14-17/h2-12,14H,1,13H2. The van der Waals surface area contributed by atoms with E-state index in [0.717, 1.165) is 10.8 Å². The van der Waals surface area contributed by atoms with Gasteiger partial charge in [0.15, 0.2) is 0 Å². The van der Waals surface area contributed by atoms with E-state index in [4.69, 9.17) is 9.47 Å². The number of hydrogen-bond donors (Lipinski definition) is 0. The Labute approximate surface area is 134 Å². The molecular weight excluding hydrogens is 288 g/mol. The van der Waals surface area contributed by atoms with Crippen LogP contribution in [-0.4, -0.2) is 12.6 Å². The van der Waals surface area contributed by atoms with E-state index in [-0.39, 0.29) is 0 Å². The summed E-state index contributed by atoms with van der Waals surface area (Å²) in [4.78, 5) is 12.4. The van der Waals surface area contributed by atoms with Crippen molar-refractivity contribution in [3.8, 4) is 11.5 Å². The van der Waals surface area contributed by atoms with Gasteiger partial charge in [0.1, 0.15) is 23.7 Å². The van der Waals surface area contributed by atoms with Crippen molar-refractivity contribution in [3.63, 3.8) is 0 Å². The monoisotopic (exact) mass is 304 g/mol. The molecule has 0 saturated carbocycles. The van der Waals surface area contributed by atoms with Gasteiger partial charge in [-0.05, 0) is 35.0 Å². The lowest BCUT2D eigenvalue weighted by atomic mass is 10.1. The summed E-state index contributed by atoms with van der Waals surface area (Å²) in [6.45, 7) is 3.94. The number of esters is 1. The van der Waals surface area contributed by atoms with Crippen LogP contribution in [0.5, 0.6) is 11.5 Å². The Morgan fingerprint density at radius 3 is 2.52 bits per heavy atom. The third-order valence-corrected chi connectivity index (χ3v) is 3.40. The van der Waals surface area contributed by atoms with Gasteiger partial charge in [0.2, 0.25) is 0 Å². The molecular formula is C20H16O3. The lowest BCUT2D eigenvalue weighted by Gasteiger charge is -2.10. The number of rotatable bonds is 5. The van der Waals surface area contributed by atoms with Gasteiger partial charge in [0.05, 0.1) is 0 Å². The third kappa shape index (κ3) is 3.40. The maximum absolute atomic E-state index is 12.4. The van der Waals surface area contributed by atoms with E-state index in [1.165, 1.54) is 0 Å². The number of ether oxygens (including phenoxy) is 2. The van der Waals surface area contributed by atoms with Crippen LogP contribution in [0.4, 0.5) is 0 Å². The molecule has 3 heteroatoms. The first-order valence-electron chi connectivity index (χ1n) is 7.31. The van der Waals surface area contributed by atoms with Gasteiger partial charge < -0.3 is 9.47 Å². The van der Waals surface area contributed by atoms with E-state index in [0.29, 0.717) is 23.7 Å². The maximum atomic E-state index is 12.4. The fraction of sp³-hybridized carbons (Fsp3) is 0.0500. The van der Waals surface area contributed by atoms with Crippen molar-refractivity contribution in [2.24, 2.45) is 0 Å². The molecule has 0 aliphatic heterocycles. The minimum atomic E-state index is -0.444. The SMILES string of the molecule is C=CCOc1ccccc1C(=O)Oc1ccc2ccccc2c1. The Kier molecular flexibility index (Phi) is 4.39. The van der Waals surface area contributed by atoms with Gasteiger partial charge >= 0.3 is 5.97 Å². The van der Waals surface area contributed by atoms with Crippen LogP contribution in [0.25, 0.3) is 10.8 Å². The molecule has 114 valence electrons. The van der Waals surface area contributed by atoms with Gasteiger partial charge in [-0.3, -0.25) is 0 Å². The Morgan fingerprint density at radius 1 is 0.957 bits per heavy atom. The van der Waals surface area contributed by atoms with Gasteiger partial charge in [0.25, 0.3) is 0 Å². The van der Waals surface area contributed by atoms with E-state index < -0.39 is 5.97 Å². The molecule has 0 unspecified atom stereocenters. The zero-order valence-corrected chi connectivity index (χ0v) is 12.6. The maximum Gasteiger partial charge on any atom is 0.347 e. The molecule has 23 heavy (non-hydrogen) atoms. The molecule has 0 N–H and O–H groups in total. The molecule has 0 fully saturated rings. The second-order valence-electron chi connectivity index (χ2n) is 4.99. The molecule has 0 bridgehead atoms. The van der Waals surface area contributed by atoms with Crippen LogP contribution in [0.3, 0.4) is 0 Å². The molecule has 0 radical (unpaired) electrons. The minimum Gasteiger partial charge on any atom is -0.489 e. The average molecular weight is 304 g/mol. The first-order chi connectivity index (χ1) is 11.3. The second-order valence-corrected chi connectivity index (χ2v) is 4.99. The van der Waals surface area contributed by atoms with Crippen molar-refractivity contribution in [3.05, 3.63) is 84.9 Å². The van der Waals surface area contributed by atoms with Crippen LogP contribution in [0.15, 0.2) is 79.4 Å². The van der Waals surface area contributed by atoms with E-state index in [2.05, 4.69) is 6.58 Å². The molecule has 0 saturated heterocycles. The van der Waals surface area contributed by atoms with Crippen LogP contribution in [0, 0.1) is 0 Å². The molecule has 0 spiro atoms. The summed E-state index contributed by atoms with van der Waals surface area (Å²) < 4.78 is 11.0. The van der Waals surface area contributed by atoms with Gasteiger partial charge in [-0.2, -0.15) is 0 Å². The topological polar surface area (TPSA) is 35.5 Å². The Morgan fingerprint density at radius 2 is 1.70 bits per heavy atom. The van der Waals surface area contributed by atoms with Crippen LogP contribution < -0.4 is 9.47 Å². The lowest BCUT2D eigenvalue weighted by Crippen LogP contribution is -2.10. The van der Waals surface area contributed by atoms with Crippen molar-refractivity contribution in [2.45, 2.75) is 0 Å². The van der Waals surface area contributed by atoms with Crippen LogP contribution in [-0.2, 0) is 0 Å². The molecule has 0 aromatic heterocycles. The normalized spacial score (nSPS) is 10.3. The fourth-order valence-corrected chi connectivity index (χ4v) is 2.30. The molecule has 3 nitrogen and oxygen atoms in total. The van der Waals surface area contributed by atoms with E-state index in [1.807, 2.05) is 42.5 Å². The summed E-state index contributed by atoms with van der Waals surface area (Å²) in [7, 11) is 0. The van der Waals surface area contributed by atoms with Crippen molar-refractivity contribution in [2.75, 3.05) is 6.61 Å². The van der Waals surface area contributed by atoms with Crippen molar-refractivity contribution < 1.29 is 14.3 Å². The zero-order chi connectivity index (χ0) is 16.1. The molecule has 0 aliphatic rings. The zero-order valence-electron chi connectivity index (χ0n) is 12.6. The average Bonchev–Trinajstić information content (AvgIpc) is 2.60. The fourth-order valence-electron chi connectivity index (χ4n) is 2.30. The molecule has 0 amide bonds. The molecule has 0 heterocycles. The number of benzene rings is 3. The highest BCUT2D eigenvalue weighted by Crippen LogP contribution is 2.24. The highest BCUT2D eigenvalue weighted by atomic mass is 16.5. The molecule has 0 aliphatic carbocycles. The molecule has 3 aromatic carbocycles. The second kappa shape index (κ2) is 6.79. The summed E-state index contributed by atoms with van der Waals surface area (Å²) >= 11 is 0. The van der Waals surface area contributed by atoms with Crippen LogP contribution >= 0.6 is 0 Å². The smallest absolute Gasteiger partial charge is 0.347 e. The van der Waals surface area contributed by atoms with Gasteiger partial charge in [-0.15, -0.1) is 0 Å². The number of hydrogen-bond acceptors (Lipinski definition) is 3. The lowest BCUT2D eigenvalue weighted by molar-refractivity contribution is 0.0731. The van der Waals surface area contributed by atoms with Gasteiger partial charge in [0, 0.05) is 0 Å². The van der Waals surface area contributed by atoms with Crippen molar-refractivity contribution in [1.82, 2.24) is 0 Å². The molecule has 0 atom stereocenters. The largest absolute Gasteiger partial charge is 0.489 e. The van der Waals surface area contributed by atoms with E-state index in [9.17, 15) is 4.79 Å². The van der Waals surface area contributed by atoms with Gasteiger partial charge in [-0.25, -0.2) is 4.79 Å². The number of carbonyl (C=O) groups excluding carboxylic acids is 1. The predicted molar refractivity (Wildman–Crippen MR) is 91.0 cm³/mol. The van der Waals surface area contributed by atoms with Crippen molar-refractivity contribution in [1.29, 1.82) is 0 Å². The summed E-state index contributed by atoms with van der Waals surface area (Å²) in [6.07, 6.45) is 1.63. The van der Waals surface area contributed by atoms with Gasteiger partial charge in [-0.1, -0.05) is 55.1 Å². The summed E-state index contributed by atoms with van der Waals surface area (Å²) in [5.41, 5.74) is 0.391. The van der Waals surface area contributed by atoms with Crippen molar-refractivity contribution >= 4 is 16.7 Å². The van der Waals surface area contributed by atoms with E-state index in [1.54, 1.807) is 30.3 Å². The highest BCUT2D eigenvalue weighted by Gasteiger charge is 2.14. The Hall–Kier alpha value is -3.07. The predicted octanol–water partition coefficient (Wildman–Crippen LogP) is 4.62. The summed E-state index contributed by atoms with van der Waals surface area (Å²) in [6, 6.07) is 20.5. The van der Waals surface area contributed by atoms with E-state index >= 15 is 0 Å². The van der Waals surface area contributed by atoms with Crippen LogP contribution in [0.2, 0.25) is 0 Å². The number of para-hydroxylation sites is 1. The third-order valence-electron chi connectivity index (χ3n) is 3.40. The number of carbonyl (C=O) groups is 1. The Balaban J connectivity index is 1.84. The summed E-state index contributed by atoms with van der Waals surface area (Å²) in [5, 5.41) is 2.12. The minimum absolute atomic E-state index is 0.334. The Bertz CT molecular complexity index is 852. The number of fused-ring (bicyclic) bond motifs is 1.